The number of piperidine rings is 1. The molecule has 0 bridgehead atoms. The Morgan fingerprint density at radius 1 is 0.932 bits per heavy atom. The van der Waals surface area contributed by atoms with Crippen molar-refractivity contribution in [1.82, 2.24) is 20.9 Å². The van der Waals surface area contributed by atoms with Crippen LogP contribution in [0.15, 0.2) is 0 Å². The number of hydrogen-bond acceptors (Lipinski definition) is 5. The number of Topliss-reactive ketones (excluding diaryl/α,β-unsaturated/α-hetero) is 1. The van der Waals surface area contributed by atoms with Crippen LogP contribution < -0.4 is 21.7 Å². The predicted molar refractivity (Wildman–Crippen MR) is 169 cm³/mol. The average molecular weight is 616 g/mol. The monoisotopic (exact) mass is 615 g/mol. The number of hydrogen-bond donors (Lipinski definition) is 4. The van der Waals surface area contributed by atoms with Crippen molar-refractivity contribution in [2.75, 3.05) is 6.54 Å². The quantitative estimate of drug-likeness (QED) is 0.232. The van der Waals surface area contributed by atoms with Crippen molar-refractivity contribution in [1.29, 1.82) is 0 Å². The molecule has 44 heavy (non-hydrogen) atoms. The van der Waals surface area contributed by atoms with Crippen LogP contribution in [0.1, 0.15) is 113 Å². The van der Waals surface area contributed by atoms with Crippen LogP contribution in [0.2, 0.25) is 0 Å². The molecule has 6 atom stereocenters. The highest BCUT2D eigenvalue weighted by Gasteiger charge is 2.69. The summed E-state index contributed by atoms with van der Waals surface area (Å²) in [4.78, 5) is 67.9. The van der Waals surface area contributed by atoms with Crippen molar-refractivity contribution in [2.24, 2.45) is 46.2 Å². The Morgan fingerprint density at radius 2 is 1.57 bits per heavy atom. The smallest absolute Gasteiger partial charge is 0.315 e. The Kier molecular flexibility index (Phi) is 10.4. The van der Waals surface area contributed by atoms with Crippen molar-refractivity contribution in [3.05, 3.63) is 0 Å². The fraction of sp³-hybridized carbons (Fsp3) is 0.853. The van der Waals surface area contributed by atoms with Crippen LogP contribution in [-0.4, -0.2) is 65.1 Å². The molecule has 1 saturated heterocycles. The maximum Gasteiger partial charge on any atom is 0.315 e. The number of ketones is 1. The Labute approximate surface area is 263 Å². The molecule has 4 rings (SSSR count). The Morgan fingerprint density at radius 3 is 2.11 bits per heavy atom. The molecule has 248 valence electrons. The van der Waals surface area contributed by atoms with Gasteiger partial charge in [-0.15, -0.1) is 0 Å². The lowest BCUT2D eigenvalue weighted by Crippen LogP contribution is -2.61. The van der Waals surface area contributed by atoms with E-state index in [4.69, 9.17) is 5.73 Å². The number of nitrogens with two attached hydrogens (primary N) is 1. The molecule has 4 fully saturated rings. The van der Waals surface area contributed by atoms with Gasteiger partial charge in [-0.05, 0) is 72.5 Å². The molecule has 2 unspecified atom stereocenters. The number of carbonyl (C=O) groups excluding carboxylic acids is 5. The molecule has 10 nitrogen and oxygen atoms in total. The summed E-state index contributed by atoms with van der Waals surface area (Å²) in [5.74, 6) is -1.89. The highest BCUT2D eigenvalue weighted by Crippen LogP contribution is 2.65. The summed E-state index contributed by atoms with van der Waals surface area (Å²) in [7, 11) is 0. The molecular formula is C34H57N5O5. The van der Waals surface area contributed by atoms with Gasteiger partial charge in [0.2, 0.25) is 17.6 Å². The number of primary amides is 1. The molecule has 5 N–H and O–H groups in total. The van der Waals surface area contributed by atoms with Gasteiger partial charge in [0.1, 0.15) is 12.1 Å². The van der Waals surface area contributed by atoms with E-state index in [1.54, 1.807) is 4.90 Å². The molecule has 0 aromatic rings. The first-order valence-corrected chi connectivity index (χ1v) is 17.0. The summed E-state index contributed by atoms with van der Waals surface area (Å²) in [5.41, 5.74) is 5.35. The van der Waals surface area contributed by atoms with Gasteiger partial charge in [0, 0.05) is 12.6 Å². The van der Waals surface area contributed by atoms with E-state index in [0.29, 0.717) is 13.0 Å². The molecular weight excluding hydrogens is 558 g/mol. The minimum atomic E-state index is -1.06. The number of carbonyl (C=O) groups is 5. The van der Waals surface area contributed by atoms with Crippen LogP contribution >= 0.6 is 0 Å². The third-order valence-corrected chi connectivity index (χ3v) is 10.9. The summed E-state index contributed by atoms with van der Waals surface area (Å²) in [6.07, 6.45) is 8.88. The van der Waals surface area contributed by atoms with Gasteiger partial charge < -0.3 is 26.6 Å². The van der Waals surface area contributed by atoms with E-state index in [9.17, 15) is 24.0 Å². The highest BCUT2D eigenvalue weighted by atomic mass is 16.2. The van der Waals surface area contributed by atoms with E-state index in [0.717, 1.165) is 57.8 Å². The molecule has 1 heterocycles. The number of nitrogens with one attached hydrogen (secondary N) is 3. The van der Waals surface area contributed by atoms with E-state index < -0.39 is 35.7 Å². The van der Waals surface area contributed by atoms with Crippen LogP contribution in [0.25, 0.3) is 0 Å². The molecule has 10 heteroatoms. The topological polar surface area (TPSA) is 151 Å². The fourth-order valence-electron chi connectivity index (χ4n) is 7.70. The minimum Gasteiger partial charge on any atom is -0.363 e. The first kappa shape index (κ1) is 34.2. The maximum atomic E-state index is 14.4. The van der Waals surface area contributed by atoms with Gasteiger partial charge >= 0.3 is 6.03 Å². The highest BCUT2D eigenvalue weighted by molar-refractivity contribution is 6.37. The fourth-order valence-corrected chi connectivity index (χ4v) is 7.70. The molecule has 0 aromatic heterocycles. The zero-order valence-corrected chi connectivity index (χ0v) is 28.0. The minimum absolute atomic E-state index is 0.0122. The lowest BCUT2D eigenvalue weighted by molar-refractivity contribution is -0.144. The normalized spacial score (nSPS) is 26.7. The second-order valence-electron chi connectivity index (χ2n) is 16.3. The van der Waals surface area contributed by atoms with Crippen molar-refractivity contribution < 1.29 is 24.0 Å². The molecule has 0 spiro atoms. The molecule has 0 radical (unpaired) electrons. The van der Waals surface area contributed by atoms with Gasteiger partial charge in [0.25, 0.3) is 5.91 Å². The first-order chi connectivity index (χ1) is 20.5. The van der Waals surface area contributed by atoms with Crippen molar-refractivity contribution >= 4 is 29.5 Å². The van der Waals surface area contributed by atoms with Crippen LogP contribution in [-0.2, 0) is 19.2 Å². The second-order valence-corrected chi connectivity index (χ2v) is 16.3. The summed E-state index contributed by atoms with van der Waals surface area (Å²) in [6.45, 7) is 15.4. The molecule has 4 aliphatic rings. The van der Waals surface area contributed by atoms with E-state index in [2.05, 4.69) is 64.4 Å². The van der Waals surface area contributed by atoms with Crippen LogP contribution in [0.4, 0.5) is 4.79 Å². The van der Waals surface area contributed by atoms with Gasteiger partial charge in [-0.2, -0.15) is 0 Å². The van der Waals surface area contributed by atoms with Crippen LogP contribution in [0, 0.1) is 40.4 Å². The van der Waals surface area contributed by atoms with E-state index in [1.165, 1.54) is 0 Å². The molecule has 0 aromatic carbocycles. The van der Waals surface area contributed by atoms with E-state index >= 15 is 0 Å². The number of likely N-dealkylation sites (tertiary alicyclic amines) is 1. The van der Waals surface area contributed by atoms with Crippen LogP contribution in [0.5, 0.6) is 0 Å². The van der Waals surface area contributed by atoms with Gasteiger partial charge in [0.15, 0.2) is 0 Å². The van der Waals surface area contributed by atoms with Crippen molar-refractivity contribution in [3.63, 3.8) is 0 Å². The lowest BCUT2D eigenvalue weighted by atomic mass is 9.83. The van der Waals surface area contributed by atoms with Gasteiger partial charge in [-0.25, -0.2) is 4.79 Å². The zero-order chi connectivity index (χ0) is 32.6. The zero-order valence-electron chi connectivity index (χ0n) is 28.0. The number of urea groups is 1. The van der Waals surface area contributed by atoms with Gasteiger partial charge in [0.05, 0.1) is 6.04 Å². The standard InChI is InChI=1S/C34H57N5O5/c1-19(2)23(15-16-33(3,4)5)37-32(44)38-26(21-11-9-8-10-12-21)31(43)39-18-22-25(34(22,6)7)27(39)30(42)36-24(17-20-13-14-20)28(40)29(35)41/h19-27H,8-18H2,1-7H3,(H2,35,41)(H,36,42)(H2,37,38,44)/t22?,23-,24?,25+,26+,27+/m1/s1. The first-order valence-electron chi connectivity index (χ1n) is 17.0. The molecule has 3 aliphatic carbocycles. The summed E-state index contributed by atoms with van der Waals surface area (Å²) < 4.78 is 0. The van der Waals surface area contributed by atoms with Gasteiger partial charge in [-0.3, -0.25) is 19.2 Å². The predicted octanol–water partition coefficient (Wildman–Crippen LogP) is 3.91. The average Bonchev–Trinajstić information content (AvgIpc) is 3.80. The van der Waals surface area contributed by atoms with E-state index in [1.807, 2.05) is 0 Å². The Balaban J connectivity index is 1.53. The maximum absolute atomic E-state index is 14.4. The van der Waals surface area contributed by atoms with Crippen molar-refractivity contribution in [3.8, 4) is 0 Å². The molecule has 1 aliphatic heterocycles. The number of amides is 5. The summed E-state index contributed by atoms with van der Waals surface area (Å²) in [5, 5.41) is 9.07. The SMILES string of the molecule is CC(C)[C@@H](CCC(C)(C)C)NC(=O)N[C@H](C(=O)N1CC2[C@@H]([C@H]1C(=O)NC(CC1CC1)C(=O)C(N)=O)C2(C)C)C1CCCCC1. The van der Waals surface area contributed by atoms with E-state index in [-0.39, 0.29) is 58.4 Å². The van der Waals surface area contributed by atoms with Crippen LogP contribution in [0.3, 0.4) is 0 Å². The molecule has 5 amide bonds. The van der Waals surface area contributed by atoms with Crippen molar-refractivity contribution in [2.45, 2.75) is 137 Å². The third-order valence-electron chi connectivity index (χ3n) is 10.9. The summed E-state index contributed by atoms with van der Waals surface area (Å²) >= 11 is 0. The second kappa shape index (κ2) is 13.4. The Hall–Kier alpha value is -2.65. The van der Waals surface area contributed by atoms with Gasteiger partial charge in [-0.1, -0.05) is 80.6 Å². The number of fused-ring (bicyclic) bond motifs is 1. The largest absolute Gasteiger partial charge is 0.363 e. The Bertz CT molecular complexity index is 1100. The third kappa shape index (κ3) is 8.13. The number of nitrogens with zero attached hydrogens (tertiary/aromatic N) is 1. The lowest BCUT2D eigenvalue weighted by Gasteiger charge is -2.37. The number of rotatable bonds is 13. The molecule has 3 saturated carbocycles. The summed E-state index contributed by atoms with van der Waals surface area (Å²) in [6, 6.07) is -2.86.